The fraction of sp³-hybridized carbons (Fsp3) is 0.0833. The molecular weight excluding hydrogens is 249 g/mol. The summed E-state index contributed by atoms with van der Waals surface area (Å²) in [6, 6.07) is 2.80. The van der Waals surface area contributed by atoms with Gasteiger partial charge in [0, 0.05) is 17.6 Å². The molecule has 0 fully saturated rings. The van der Waals surface area contributed by atoms with Gasteiger partial charge in [0.2, 0.25) is 5.95 Å². The molecule has 6 nitrogen and oxygen atoms in total. The van der Waals surface area contributed by atoms with Crippen molar-refractivity contribution in [1.29, 1.82) is 0 Å². The maximum absolute atomic E-state index is 13.6. The first-order chi connectivity index (χ1) is 9.10. The smallest absolute Gasteiger partial charge is 0.222 e. The molecule has 0 atom stereocenters. The number of fused-ring (bicyclic) bond motifs is 3. The molecule has 0 spiro atoms. The molecule has 0 aliphatic rings. The third-order valence-electron chi connectivity index (χ3n) is 2.85. The Morgan fingerprint density at radius 1 is 1.16 bits per heavy atom. The second kappa shape index (κ2) is 3.91. The average molecular weight is 259 g/mol. The van der Waals surface area contributed by atoms with E-state index in [1.807, 2.05) is 0 Å². The van der Waals surface area contributed by atoms with Gasteiger partial charge >= 0.3 is 0 Å². The van der Waals surface area contributed by atoms with Crippen LogP contribution in [0.15, 0.2) is 18.3 Å². The van der Waals surface area contributed by atoms with Gasteiger partial charge in [-0.1, -0.05) is 0 Å². The van der Waals surface area contributed by atoms with E-state index in [0.717, 1.165) is 0 Å². The Hall–Kier alpha value is -2.70. The summed E-state index contributed by atoms with van der Waals surface area (Å²) in [5, 5.41) is 1.17. The van der Waals surface area contributed by atoms with E-state index in [9.17, 15) is 4.39 Å². The van der Waals surface area contributed by atoms with Crippen molar-refractivity contribution < 1.29 is 9.13 Å². The molecule has 0 bridgehead atoms. The summed E-state index contributed by atoms with van der Waals surface area (Å²) in [4.78, 5) is 12.1. The Kier molecular flexibility index (Phi) is 2.34. The van der Waals surface area contributed by atoms with Gasteiger partial charge < -0.3 is 16.2 Å². The van der Waals surface area contributed by atoms with E-state index >= 15 is 0 Å². The van der Waals surface area contributed by atoms with Crippen LogP contribution in [0.3, 0.4) is 0 Å². The molecule has 96 valence electrons. The number of pyridine rings is 1. The highest BCUT2D eigenvalue weighted by molar-refractivity contribution is 6.06. The number of ether oxygens (including phenoxy) is 1. The molecule has 0 aliphatic carbocycles. The van der Waals surface area contributed by atoms with Gasteiger partial charge in [0.15, 0.2) is 11.6 Å². The number of nitrogens with two attached hydrogens (primary N) is 2. The molecule has 0 radical (unpaired) electrons. The number of benzene rings is 1. The Labute approximate surface area is 107 Å². The fourth-order valence-corrected chi connectivity index (χ4v) is 1.97. The molecule has 4 N–H and O–H groups in total. The van der Waals surface area contributed by atoms with Crippen LogP contribution in [0, 0.1) is 5.82 Å². The third-order valence-corrected chi connectivity index (χ3v) is 2.85. The molecule has 0 saturated carbocycles. The molecule has 2 heterocycles. The monoisotopic (exact) mass is 259 g/mol. The standard InChI is InChI=1S/C12H10FN5O/c1-19-9-2-5-8(3-7(9)13)16-4-6-10(5)17-12(15)18-11(6)14/h2-4H,1H3,(H4,14,15,17,18). The molecular formula is C12H10FN5O. The molecule has 2 aromatic heterocycles. The van der Waals surface area contributed by atoms with E-state index in [0.29, 0.717) is 21.8 Å². The summed E-state index contributed by atoms with van der Waals surface area (Å²) in [6.45, 7) is 0. The molecule has 3 aromatic rings. The Morgan fingerprint density at radius 2 is 1.95 bits per heavy atom. The lowest BCUT2D eigenvalue weighted by atomic mass is 10.1. The Balaban J connectivity index is 2.51. The second-order valence-electron chi connectivity index (χ2n) is 3.99. The summed E-state index contributed by atoms with van der Waals surface area (Å²) in [5.41, 5.74) is 12.3. The van der Waals surface area contributed by atoms with E-state index < -0.39 is 5.82 Å². The molecule has 0 aliphatic heterocycles. The van der Waals surface area contributed by atoms with Crippen molar-refractivity contribution in [3.8, 4) is 5.75 Å². The number of nitrogens with zero attached hydrogens (tertiary/aromatic N) is 3. The van der Waals surface area contributed by atoms with Crippen molar-refractivity contribution in [2.24, 2.45) is 0 Å². The number of halogens is 1. The number of aromatic nitrogens is 3. The minimum Gasteiger partial charge on any atom is -0.494 e. The van der Waals surface area contributed by atoms with Crippen LogP contribution >= 0.6 is 0 Å². The van der Waals surface area contributed by atoms with Crippen LogP contribution in [0.4, 0.5) is 16.2 Å². The second-order valence-corrected chi connectivity index (χ2v) is 3.99. The first kappa shape index (κ1) is 11.4. The van der Waals surface area contributed by atoms with Gasteiger partial charge in [0.1, 0.15) is 5.82 Å². The summed E-state index contributed by atoms with van der Waals surface area (Å²) in [6.07, 6.45) is 1.50. The lowest BCUT2D eigenvalue weighted by molar-refractivity contribution is 0.387. The highest BCUT2D eigenvalue weighted by atomic mass is 19.1. The lowest BCUT2D eigenvalue weighted by Gasteiger charge is -2.07. The predicted molar refractivity (Wildman–Crippen MR) is 70.2 cm³/mol. The van der Waals surface area contributed by atoms with Gasteiger partial charge in [-0.05, 0) is 6.07 Å². The number of nitrogen functional groups attached to an aromatic ring is 2. The summed E-state index contributed by atoms with van der Waals surface area (Å²) in [5.74, 6) is -0.0876. The first-order valence-corrected chi connectivity index (χ1v) is 5.45. The van der Waals surface area contributed by atoms with Crippen LogP contribution in [0.25, 0.3) is 21.8 Å². The first-order valence-electron chi connectivity index (χ1n) is 5.45. The van der Waals surface area contributed by atoms with E-state index in [1.165, 1.54) is 25.4 Å². The van der Waals surface area contributed by atoms with Crippen molar-refractivity contribution in [2.75, 3.05) is 18.6 Å². The van der Waals surface area contributed by atoms with Crippen LogP contribution in [-0.2, 0) is 0 Å². The number of rotatable bonds is 1. The highest BCUT2D eigenvalue weighted by Crippen LogP contribution is 2.30. The van der Waals surface area contributed by atoms with Crippen LogP contribution < -0.4 is 16.2 Å². The van der Waals surface area contributed by atoms with Gasteiger partial charge in [-0.3, -0.25) is 4.98 Å². The third kappa shape index (κ3) is 1.67. The van der Waals surface area contributed by atoms with Crippen molar-refractivity contribution in [2.45, 2.75) is 0 Å². The molecule has 0 amide bonds. The van der Waals surface area contributed by atoms with Gasteiger partial charge in [-0.2, -0.15) is 4.98 Å². The van der Waals surface area contributed by atoms with Gasteiger partial charge in [0.25, 0.3) is 0 Å². The van der Waals surface area contributed by atoms with E-state index in [-0.39, 0.29) is 17.5 Å². The molecule has 7 heteroatoms. The molecule has 0 saturated heterocycles. The SMILES string of the molecule is COc1cc2c(cc1F)ncc1c(N)nc(N)nc12. The van der Waals surface area contributed by atoms with Crippen molar-refractivity contribution in [3.63, 3.8) is 0 Å². The van der Waals surface area contributed by atoms with Crippen molar-refractivity contribution in [1.82, 2.24) is 15.0 Å². The minimum absolute atomic E-state index is 0.0563. The molecule has 1 aromatic carbocycles. The minimum atomic E-state index is -0.489. The van der Waals surface area contributed by atoms with Gasteiger partial charge in [-0.15, -0.1) is 0 Å². The van der Waals surface area contributed by atoms with Crippen LogP contribution in [-0.4, -0.2) is 22.1 Å². The van der Waals surface area contributed by atoms with E-state index in [4.69, 9.17) is 16.2 Å². The Bertz CT molecular complexity index is 805. The highest BCUT2D eigenvalue weighted by Gasteiger charge is 2.12. The summed E-state index contributed by atoms with van der Waals surface area (Å²) < 4.78 is 18.6. The van der Waals surface area contributed by atoms with Crippen LogP contribution in [0.2, 0.25) is 0 Å². The summed E-state index contributed by atoms with van der Waals surface area (Å²) >= 11 is 0. The zero-order valence-corrected chi connectivity index (χ0v) is 10.0. The van der Waals surface area contributed by atoms with Crippen molar-refractivity contribution >= 4 is 33.6 Å². The normalized spacial score (nSPS) is 11.1. The number of methoxy groups -OCH3 is 1. The topological polar surface area (TPSA) is 99.9 Å². The van der Waals surface area contributed by atoms with Crippen LogP contribution in [0.5, 0.6) is 5.75 Å². The zero-order valence-electron chi connectivity index (χ0n) is 10.0. The zero-order chi connectivity index (χ0) is 13.6. The van der Waals surface area contributed by atoms with Gasteiger partial charge in [0.05, 0.1) is 23.5 Å². The quantitative estimate of drug-likeness (QED) is 0.642. The Morgan fingerprint density at radius 3 is 2.68 bits per heavy atom. The molecule has 3 rings (SSSR count). The average Bonchev–Trinajstić information content (AvgIpc) is 2.37. The maximum atomic E-state index is 13.6. The number of anilines is 2. The van der Waals surface area contributed by atoms with E-state index in [1.54, 1.807) is 0 Å². The van der Waals surface area contributed by atoms with E-state index in [2.05, 4.69) is 15.0 Å². The largest absolute Gasteiger partial charge is 0.494 e. The van der Waals surface area contributed by atoms with Gasteiger partial charge in [-0.25, -0.2) is 9.37 Å². The number of hydrogen-bond acceptors (Lipinski definition) is 6. The molecule has 19 heavy (non-hydrogen) atoms. The lowest BCUT2D eigenvalue weighted by Crippen LogP contribution is -2.01. The fourth-order valence-electron chi connectivity index (χ4n) is 1.97. The maximum Gasteiger partial charge on any atom is 0.222 e. The predicted octanol–water partition coefficient (Wildman–Crippen LogP) is 1.49. The molecule has 0 unspecified atom stereocenters. The van der Waals surface area contributed by atoms with Crippen LogP contribution in [0.1, 0.15) is 0 Å². The van der Waals surface area contributed by atoms with Crippen molar-refractivity contribution in [3.05, 3.63) is 24.1 Å². The number of hydrogen-bond donors (Lipinski definition) is 2. The summed E-state index contributed by atoms with van der Waals surface area (Å²) in [7, 11) is 1.39.